The second-order valence-corrected chi connectivity index (χ2v) is 9.72. The molecule has 0 aliphatic carbocycles. The zero-order valence-corrected chi connectivity index (χ0v) is 22.9. The van der Waals surface area contributed by atoms with E-state index in [1.54, 1.807) is 6.92 Å². The summed E-state index contributed by atoms with van der Waals surface area (Å²) in [6, 6.07) is 26.3. The molecule has 0 spiro atoms. The summed E-state index contributed by atoms with van der Waals surface area (Å²) in [6.07, 6.45) is -0.989. The highest BCUT2D eigenvalue weighted by molar-refractivity contribution is 5.77. The predicted molar refractivity (Wildman–Crippen MR) is 152 cm³/mol. The molecule has 0 amide bonds. The number of hydrogen-bond acceptors (Lipinski definition) is 8. The molecule has 8 nitrogen and oxygen atoms in total. The van der Waals surface area contributed by atoms with Gasteiger partial charge in [0.25, 0.3) is 0 Å². The van der Waals surface area contributed by atoms with E-state index < -0.39 is 18.2 Å². The summed E-state index contributed by atoms with van der Waals surface area (Å²) in [7, 11) is 0. The van der Waals surface area contributed by atoms with Crippen LogP contribution in [0.4, 0.5) is 0 Å². The molecule has 3 aromatic carbocycles. The van der Waals surface area contributed by atoms with Crippen LogP contribution in [-0.4, -0.2) is 66.1 Å². The molecule has 0 aliphatic rings. The van der Waals surface area contributed by atoms with Crippen molar-refractivity contribution < 1.29 is 33.6 Å². The Morgan fingerprint density at radius 2 is 1.60 bits per heavy atom. The molecule has 0 bridgehead atoms. The van der Waals surface area contributed by atoms with Crippen molar-refractivity contribution in [2.75, 3.05) is 32.9 Å². The third-order valence-electron chi connectivity index (χ3n) is 6.55. The van der Waals surface area contributed by atoms with Gasteiger partial charge >= 0.3 is 5.97 Å². The minimum Gasteiger partial charge on any atom is -0.491 e. The summed E-state index contributed by atoms with van der Waals surface area (Å²) in [5, 5.41) is 22.9. The maximum Gasteiger partial charge on any atom is 0.344 e. The number of nitrogens with zero attached hydrogens (tertiary/aromatic N) is 1. The van der Waals surface area contributed by atoms with Gasteiger partial charge in [-0.25, -0.2) is 4.79 Å². The van der Waals surface area contributed by atoms with Gasteiger partial charge in [-0.1, -0.05) is 48.5 Å². The molecule has 0 aliphatic heterocycles. The molecule has 2 N–H and O–H groups in total. The monoisotopic (exact) mass is 547 g/mol. The lowest BCUT2D eigenvalue weighted by Gasteiger charge is -2.32. The van der Waals surface area contributed by atoms with Crippen molar-refractivity contribution >= 4 is 16.9 Å². The molecule has 0 saturated heterocycles. The van der Waals surface area contributed by atoms with E-state index in [9.17, 15) is 15.0 Å². The molecule has 212 valence electrons. The van der Waals surface area contributed by atoms with Gasteiger partial charge in [0.2, 0.25) is 0 Å². The normalized spacial score (nSPS) is 13.6. The number of carbonyl (C=O) groups excluding carboxylic acids is 1. The van der Waals surface area contributed by atoms with E-state index in [0.29, 0.717) is 36.8 Å². The second kappa shape index (κ2) is 14.5. The SMILES string of the molecule is CCOC(=O)COc1ccc(C[C@@H](C)N(CC(O)c2cc3ccccc3o2)C[C@H](O)COc2ccccc2)cc1. The second-order valence-electron chi connectivity index (χ2n) is 9.72. The maximum atomic E-state index is 11.6. The number of hydrogen-bond donors (Lipinski definition) is 2. The van der Waals surface area contributed by atoms with Crippen LogP contribution in [0.2, 0.25) is 0 Å². The predicted octanol–water partition coefficient (Wildman–Crippen LogP) is 4.78. The first-order valence-electron chi connectivity index (χ1n) is 13.5. The minimum atomic E-state index is -0.879. The molecular formula is C32H37NO7. The van der Waals surface area contributed by atoms with Crippen LogP contribution < -0.4 is 9.47 Å². The minimum absolute atomic E-state index is 0.0308. The third kappa shape index (κ3) is 8.58. The van der Waals surface area contributed by atoms with E-state index >= 15 is 0 Å². The molecule has 4 aromatic rings. The Morgan fingerprint density at radius 3 is 2.33 bits per heavy atom. The molecule has 1 aromatic heterocycles. The first-order valence-corrected chi connectivity index (χ1v) is 13.5. The number of benzene rings is 3. The highest BCUT2D eigenvalue weighted by atomic mass is 16.6. The molecular weight excluding hydrogens is 510 g/mol. The van der Waals surface area contributed by atoms with Crippen molar-refractivity contribution in [1.29, 1.82) is 0 Å². The number of fused-ring (bicyclic) bond motifs is 1. The van der Waals surface area contributed by atoms with Crippen molar-refractivity contribution in [1.82, 2.24) is 4.90 Å². The van der Waals surface area contributed by atoms with E-state index in [2.05, 4.69) is 6.92 Å². The van der Waals surface area contributed by atoms with Gasteiger partial charge in [0, 0.05) is 24.5 Å². The van der Waals surface area contributed by atoms with Crippen molar-refractivity contribution in [3.05, 3.63) is 96.3 Å². The van der Waals surface area contributed by atoms with Crippen LogP contribution in [0, 0.1) is 0 Å². The molecule has 0 radical (unpaired) electrons. The van der Waals surface area contributed by atoms with E-state index in [-0.39, 0.29) is 25.8 Å². The van der Waals surface area contributed by atoms with Crippen LogP contribution in [-0.2, 0) is 16.0 Å². The van der Waals surface area contributed by atoms with Crippen molar-refractivity contribution in [3.63, 3.8) is 0 Å². The molecule has 0 fully saturated rings. The van der Waals surface area contributed by atoms with Gasteiger partial charge in [0.15, 0.2) is 6.61 Å². The van der Waals surface area contributed by atoms with Crippen molar-refractivity contribution in [3.8, 4) is 11.5 Å². The standard InChI is InChI=1S/C32H37NO7/c1-3-37-32(36)22-39-28-15-13-24(14-16-28)17-23(2)33(19-26(34)21-38-27-10-5-4-6-11-27)20-29(35)31-18-25-9-7-8-12-30(25)40-31/h4-16,18,23,26,29,34-35H,3,17,19-22H2,1-2H3/t23-,26+,29?/m1/s1. The number of aliphatic hydroxyl groups excluding tert-OH is 2. The highest BCUT2D eigenvalue weighted by Gasteiger charge is 2.24. The number of esters is 1. The largest absolute Gasteiger partial charge is 0.491 e. The zero-order valence-electron chi connectivity index (χ0n) is 22.9. The lowest BCUT2D eigenvalue weighted by molar-refractivity contribution is -0.145. The first-order chi connectivity index (χ1) is 19.4. The molecule has 3 atom stereocenters. The number of aliphatic hydroxyl groups is 2. The Hall–Kier alpha value is -3.85. The number of rotatable bonds is 15. The van der Waals surface area contributed by atoms with E-state index in [1.165, 1.54) is 0 Å². The lowest BCUT2D eigenvalue weighted by atomic mass is 10.0. The van der Waals surface area contributed by atoms with Gasteiger partial charge in [-0.15, -0.1) is 0 Å². The average Bonchev–Trinajstić information content (AvgIpc) is 3.41. The van der Waals surface area contributed by atoms with Gasteiger partial charge < -0.3 is 28.8 Å². The van der Waals surface area contributed by atoms with E-state index in [4.69, 9.17) is 18.6 Å². The fourth-order valence-electron chi connectivity index (χ4n) is 4.48. The van der Waals surface area contributed by atoms with Crippen molar-refractivity contribution in [2.24, 2.45) is 0 Å². The summed E-state index contributed by atoms with van der Waals surface area (Å²) in [5.74, 6) is 1.34. The Balaban J connectivity index is 1.41. The van der Waals surface area contributed by atoms with Gasteiger partial charge in [0.1, 0.15) is 41.7 Å². The Labute approximate surface area is 234 Å². The average molecular weight is 548 g/mol. The van der Waals surface area contributed by atoms with Crippen LogP contribution in [0.15, 0.2) is 89.3 Å². The number of furan rings is 1. The Bertz CT molecular complexity index is 1290. The van der Waals surface area contributed by atoms with E-state index in [0.717, 1.165) is 16.5 Å². The van der Waals surface area contributed by atoms with Crippen LogP contribution >= 0.6 is 0 Å². The molecule has 8 heteroatoms. The van der Waals surface area contributed by atoms with Crippen LogP contribution in [0.25, 0.3) is 11.0 Å². The molecule has 1 unspecified atom stereocenters. The van der Waals surface area contributed by atoms with Gasteiger partial charge in [0.05, 0.1) is 6.61 Å². The fourth-order valence-corrected chi connectivity index (χ4v) is 4.48. The lowest BCUT2D eigenvalue weighted by Crippen LogP contribution is -2.44. The Kier molecular flexibility index (Phi) is 10.6. The summed E-state index contributed by atoms with van der Waals surface area (Å²) < 4.78 is 22.0. The summed E-state index contributed by atoms with van der Waals surface area (Å²) in [5.41, 5.74) is 1.77. The van der Waals surface area contributed by atoms with Crippen LogP contribution in [0.5, 0.6) is 11.5 Å². The molecule has 1 heterocycles. The topological polar surface area (TPSA) is 102 Å². The fraction of sp³-hybridized carbons (Fsp3) is 0.344. The molecule has 4 rings (SSSR count). The number of ether oxygens (including phenoxy) is 3. The quantitative estimate of drug-likeness (QED) is 0.205. The molecule has 0 saturated carbocycles. The van der Waals surface area contributed by atoms with Gasteiger partial charge in [-0.05, 0) is 62.2 Å². The summed E-state index contributed by atoms with van der Waals surface area (Å²) in [6.45, 7) is 4.67. The molecule has 40 heavy (non-hydrogen) atoms. The van der Waals surface area contributed by atoms with Crippen LogP contribution in [0.3, 0.4) is 0 Å². The number of carbonyl (C=O) groups is 1. The van der Waals surface area contributed by atoms with E-state index in [1.807, 2.05) is 89.8 Å². The highest BCUT2D eigenvalue weighted by Crippen LogP contribution is 2.25. The Morgan fingerprint density at radius 1 is 0.900 bits per heavy atom. The number of para-hydroxylation sites is 2. The third-order valence-corrected chi connectivity index (χ3v) is 6.55. The van der Waals surface area contributed by atoms with Crippen molar-refractivity contribution in [2.45, 2.75) is 38.5 Å². The van der Waals surface area contributed by atoms with Crippen LogP contribution in [0.1, 0.15) is 31.3 Å². The zero-order chi connectivity index (χ0) is 28.3. The van der Waals surface area contributed by atoms with Gasteiger partial charge in [-0.3, -0.25) is 4.90 Å². The smallest absolute Gasteiger partial charge is 0.344 e. The first kappa shape index (κ1) is 29.1. The summed E-state index contributed by atoms with van der Waals surface area (Å²) in [4.78, 5) is 13.6. The maximum absolute atomic E-state index is 11.6. The summed E-state index contributed by atoms with van der Waals surface area (Å²) >= 11 is 0. The van der Waals surface area contributed by atoms with Gasteiger partial charge in [-0.2, -0.15) is 0 Å².